The normalized spacial score (nSPS) is 15.3. The van der Waals surface area contributed by atoms with Crippen molar-refractivity contribution >= 4 is 22.4 Å². The first-order chi connectivity index (χ1) is 14.1. The highest BCUT2D eigenvalue weighted by atomic mass is 32.1. The van der Waals surface area contributed by atoms with E-state index in [2.05, 4.69) is 50.3 Å². The second-order valence-electron chi connectivity index (χ2n) is 7.24. The number of guanidine groups is 1. The van der Waals surface area contributed by atoms with Crippen LogP contribution in [-0.4, -0.2) is 51.4 Å². The summed E-state index contributed by atoms with van der Waals surface area (Å²) in [6.45, 7) is 3.59. The lowest BCUT2D eigenvalue weighted by Gasteiger charge is -2.22. The summed E-state index contributed by atoms with van der Waals surface area (Å²) in [7, 11) is 5.78. The number of aromatic nitrogens is 1. The Labute approximate surface area is 177 Å². The summed E-state index contributed by atoms with van der Waals surface area (Å²) in [5.74, 6) is 0.758. The van der Waals surface area contributed by atoms with E-state index in [9.17, 15) is 0 Å². The monoisotopic (exact) mass is 417 g/mol. The van der Waals surface area contributed by atoms with E-state index in [-0.39, 0.29) is 0 Å². The van der Waals surface area contributed by atoms with Crippen LogP contribution in [0.2, 0.25) is 0 Å². The molecule has 0 aliphatic carbocycles. The molecular formula is C21H31N5O2S. The first-order valence-electron chi connectivity index (χ1n) is 9.97. The molecule has 0 radical (unpaired) electrons. The van der Waals surface area contributed by atoms with Crippen molar-refractivity contribution in [1.82, 2.24) is 15.6 Å². The second-order valence-corrected chi connectivity index (χ2v) is 8.07. The van der Waals surface area contributed by atoms with Crippen LogP contribution < -0.4 is 15.5 Å². The second kappa shape index (κ2) is 11.1. The average molecular weight is 418 g/mol. The Morgan fingerprint density at radius 2 is 2.00 bits per heavy atom. The van der Waals surface area contributed by atoms with Crippen LogP contribution in [-0.2, 0) is 29.2 Å². The van der Waals surface area contributed by atoms with Gasteiger partial charge in [-0.1, -0.05) is 24.3 Å². The van der Waals surface area contributed by atoms with Gasteiger partial charge in [0.25, 0.3) is 0 Å². The van der Waals surface area contributed by atoms with Crippen LogP contribution in [0.15, 0.2) is 34.6 Å². The number of benzene rings is 1. The van der Waals surface area contributed by atoms with E-state index in [0.717, 1.165) is 42.8 Å². The molecule has 0 amide bonds. The third kappa shape index (κ3) is 6.99. The SMILES string of the molecule is CN=C(NCc1cccc(COC2CCOCC2)c1)NCc1csc(N(C)C)n1. The molecule has 2 N–H and O–H groups in total. The van der Waals surface area contributed by atoms with E-state index in [1.165, 1.54) is 11.1 Å². The summed E-state index contributed by atoms with van der Waals surface area (Å²) in [6, 6.07) is 8.49. The van der Waals surface area contributed by atoms with Gasteiger partial charge in [0.05, 0.1) is 24.9 Å². The summed E-state index contributed by atoms with van der Waals surface area (Å²) >= 11 is 1.64. The molecule has 0 bridgehead atoms. The number of ether oxygens (including phenoxy) is 2. The number of hydrogen-bond acceptors (Lipinski definition) is 6. The van der Waals surface area contributed by atoms with E-state index < -0.39 is 0 Å². The van der Waals surface area contributed by atoms with E-state index in [1.54, 1.807) is 18.4 Å². The first-order valence-corrected chi connectivity index (χ1v) is 10.9. The zero-order valence-corrected chi connectivity index (χ0v) is 18.3. The van der Waals surface area contributed by atoms with Gasteiger partial charge in [0.1, 0.15) is 0 Å². The lowest BCUT2D eigenvalue weighted by Crippen LogP contribution is -2.36. The lowest BCUT2D eigenvalue weighted by atomic mass is 10.1. The molecule has 0 spiro atoms. The Hall–Kier alpha value is -2.16. The van der Waals surface area contributed by atoms with Gasteiger partial charge < -0.3 is 25.0 Å². The molecule has 8 heteroatoms. The van der Waals surface area contributed by atoms with Gasteiger partial charge in [0.15, 0.2) is 11.1 Å². The molecule has 1 saturated heterocycles. The molecule has 0 unspecified atom stereocenters. The summed E-state index contributed by atoms with van der Waals surface area (Å²) in [5, 5.41) is 9.76. The Bertz CT molecular complexity index is 787. The Morgan fingerprint density at radius 3 is 2.72 bits per heavy atom. The van der Waals surface area contributed by atoms with Crippen molar-refractivity contribution in [3.8, 4) is 0 Å². The molecule has 1 fully saturated rings. The first kappa shape index (κ1) is 21.5. The quantitative estimate of drug-likeness (QED) is 0.508. The topological polar surface area (TPSA) is 71.0 Å². The maximum Gasteiger partial charge on any atom is 0.191 e. The minimum Gasteiger partial charge on any atom is -0.381 e. The maximum absolute atomic E-state index is 6.03. The Morgan fingerprint density at radius 1 is 1.24 bits per heavy atom. The third-order valence-corrected chi connectivity index (χ3v) is 5.75. The van der Waals surface area contributed by atoms with Gasteiger partial charge in [-0.2, -0.15) is 0 Å². The summed E-state index contributed by atoms with van der Waals surface area (Å²) in [5.41, 5.74) is 3.40. The van der Waals surface area contributed by atoms with Crippen LogP contribution in [0.25, 0.3) is 0 Å². The summed E-state index contributed by atoms with van der Waals surface area (Å²) < 4.78 is 11.4. The van der Waals surface area contributed by atoms with Crippen molar-refractivity contribution in [1.29, 1.82) is 0 Å². The smallest absolute Gasteiger partial charge is 0.191 e. The number of anilines is 1. The van der Waals surface area contributed by atoms with Crippen LogP contribution in [0, 0.1) is 0 Å². The van der Waals surface area contributed by atoms with E-state index in [4.69, 9.17) is 9.47 Å². The molecule has 0 saturated carbocycles. The molecule has 2 aromatic rings. The number of nitrogens with one attached hydrogen (secondary N) is 2. The van der Waals surface area contributed by atoms with Crippen molar-refractivity contribution < 1.29 is 9.47 Å². The standard InChI is InChI=1S/C21H31N5O2S/c1-22-20(24-13-18-15-29-21(25-18)26(2)3)23-12-16-5-4-6-17(11-16)14-28-19-7-9-27-10-8-19/h4-6,11,15,19H,7-10,12-14H2,1-3H3,(H2,22,23,24). The fourth-order valence-electron chi connectivity index (χ4n) is 3.05. The van der Waals surface area contributed by atoms with Crippen molar-refractivity contribution in [2.24, 2.45) is 4.99 Å². The van der Waals surface area contributed by atoms with E-state index in [1.807, 2.05) is 19.0 Å². The van der Waals surface area contributed by atoms with Gasteiger partial charge in [-0.05, 0) is 24.0 Å². The highest BCUT2D eigenvalue weighted by molar-refractivity contribution is 7.13. The molecule has 1 aromatic carbocycles. The Kier molecular flexibility index (Phi) is 8.27. The highest BCUT2D eigenvalue weighted by Gasteiger charge is 2.14. The summed E-state index contributed by atoms with van der Waals surface area (Å²) in [6.07, 6.45) is 2.28. The summed E-state index contributed by atoms with van der Waals surface area (Å²) in [4.78, 5) is 10.9. The van der Waals surface area contributed by atoms with Crippen LogP contribution in [0.3, 0.4) is 0 Å². The number of nitrogens with zero attached hydrogens (tertiary/aromatic N) is 3. The molecule has 1 aliphatic heterocycles. The molecule has 1 aromatic heterocycles. The van der Waals surface area contributed by atoms with Gasteiger partial charge in [0.2, 0.25) is 0 Å². The molecular weight excluding hydrogens is 386 g/mol. The highest BCUT2D eigenvalue weighted by Crippen LogP contribution is 2.17. The molecule has 1 aliphatic rings. The molecule has 3 rings (SSSR count). The van der Waals surface area contributed by atoms with Gasteiger partial charge in [-0.3, -0.25) is 4.99 Å². The van der Waals surface area contributed by atoms with Gasteiger partial charge in [-0.15, -0.1) is 11.3 Å². The molecule has 2 heterocycles. The van der Waals surface area contributed by atoms with Crippen molar-refractivity contribution in [3.05, 3.63) is 46.5 Å². The molecule has 29 heavy (non-hydrogen) atoms. The Balaban J connectivity index is 1.44. The minimum absolute atomic E-state index is 0.312. The molecule has 0 atom stereocenters. The van der Waals surface area contributed by atoms with Crippen molar-refractivity contribution in [2.75, 3.05) is 39.3 Å². The predicted octanol–water partition coefficient (Wildman–Crippen LogP) is 2.77. The van der Waals surface area contributed by atoms with E-state index >= 15 is 0 Å². The van der Waals surface area contributed by atoms with E-state index in [0.29, 0.717) is 25.8 Å². The predicted molar refractivity (Wildman–Crippen MR) is 119 cm³/mol. The van der Waals surface area contributed by atoms with Crippen LogP contribution in [0.5, 0.6) is 0 Å². The number of thiazole rings is 1. The van der Waals surface area contributed by atoms with Crippen molar-refractivity contribution in [2.45, 2.75) is 38.6 Å². The lowest BCUT2D eigenvalue weighted by molar-refractivity contribution is -0.0390. The van der Waals surface area contributed by atoms with Gasteiger partial charge in [-0.25, -0.2) is 4.98 Å². The average Bonchev–Trinajstić information content (AvgIpc) is 3.23. The van der Waals surface area contributed by atoms with Gasteiger partial charge >= 0.3 is 0 Å². The maximum atomic E-state index is 6.03. The van der Waals surface area contributed by atoms with Gasteiger partial charge in [0, 0.05) is 46.3 Å². The fourth-order valence-corrected chi connectivity index (χ4v) is 3.81. The van der Waals surface area contributed by atoms with Crippen LogP contribution in [0.1, 0.15) is 29.7 Å². The fraction of sp³-hybridized carbons (Fsp3) is 0.524. The molecule has 7 nitrogen and oxygen atoms in total. The van der Waals surface area contributed by atoms with Crippen LogP contribution >= 0.6 is 11.3 Å². The van der Waals surface area contributed by atoms with Crippen molar-refractivity contribution in [3.63, 3.8) is 0 Å². The zero-order chi connectivity index (χ0) is 20.5. The number of hydrogen-bond donors (Lipinski definition) is 2. The number of aliphatic imine (C=N–C) groups is 1. The van der Waals surface area contributed by atoms with Crippen LogP contribution in [0.4, 0.5) is 5.13 Å². The molecule has 158 valence electrons. The largest absolute Gasteiger partial charge is 0.381 e. The third-order valence-electron chi connectivity index (χ3n) is 4.69. The number of rotatable bonds is 8. The zero-order valence-electron chi connectivity index (χ0n) is 17.5. The minimum atomic E-state index is 0.312.